The molecule has 4 heteroatoms. The Morgan fingerprint density at radius 3 is 2.47 bits per heavy atom. The topological polar surface area (TPSA) is 60.4 Å². The lowest BCUT2D eigenvalue weighted by atomic mass is 10.0. The van der Waals surface area contributed by atoms with Crippen LogP contribution < -0.4 is 0 Å². The van der Waals surface area contributed by atoms with Crippen LogP contribution in [0.15, 0.2) is 46.2 Å². The lowest BCUT2D eigenvalue weighted by molar-refractivity contribution is 0.0696. The van der Waals surface area contributed by atoms with E-state index in [9.17, 15) is 9.35 Å². The number of benzene rings is 2. The van der Waals surface area contributed by atoms with Gasteiger partial charge in [0.25, 0.3) is 0 Å². The van der Waals surface area contributed by atoms with Crippen LogP contribution in [-0.4, -0.2) is 15.6 Å². The van der Waals surface area contributed by atoms with Gasteiger partial charge in [0.2, 0.25) is 0 Å². The Morgan fingerprint density at radius 1 is 1.16 bits per heavy atom. The second-order valence-electron chi connectivity index (χ2n) is 4.68. The Bertz CT molecular complexity index is 679. The highest BCUT2D eigenvalue weighted by Crippen LogP contribution is 2.35. The first kappa shape index (κ1) is 12.3. The van der Waals surface area contributed by atoms with E-state index in [0.717, 1.165) is 26.5 Å². The molecule has 3 rings (SSSR count). The summed E-state index contributed by atoms with van der Waals surface area (Å²) in [5.74, 6) is -0.955. The minimum atomic E-state index is -1.21. The zero-order valence-electron chi connectivity index (χ0n) is 10.3. The molecule has 1 aliphatic heterocycles. The normalized spacial score (nSPS) is 16.6. The Morgan fingerprint density at radius 2 is 1.79 bits per heavy atom. The number of carboxylic acid groups (broad SMARTS) is 1. The predicted molar refractivity (Wildman–Crippen MR) is 72.1 cm³/mol. The van der Waals surface area contributed by atoms with Crippen LogP contribution in [0.4, 0.5) is 0 Å². The van der Waals surface area contributed by atoms with E-state index in [4.69, 9.17) is 5.11 Å². The second-order valence-corrected chi connectivity index (χ2v) is 6.10. The van der Waals surface area contributed by atoms with Gasteiger partial charge in [0.05, 0.1) is 5.56 Å². The molecule has 2 aromatic carbocycles. The van der Waals surface area contributed by atoms with Crippen LogP contribution in [-0.2, 0) is 17.6 Å². The maximum Gasteiger partial charge on any atom is 0.335 e. The van der Waals surface area contributed by atoms with Crippen molar-refractivity contribution in [1.82, 2.24) is 0 Å². The van der Waals surface area contributed by atoms with Crippen molar-refractivity contribution in [3.05, 3.63) is 58.7 Å². The van der Waals surface area contributed by atoms with Gasteiger partial charge in [-0.1, -0.05) is 17.7 Å². The van der Waals surface area contributed by atoms with Gasteiger partial charge >= 0.3 is 5.97 Å². The molecule has 3 nitrogen and oxygen atoms in total. The van der Waals surface area contributed by atoms with Crippen molar-refractivity contribution in [3.8, 4) is 0 Å². The standard InChI is InChI=1S/C15H12O3S/c1-9-2-4-13-11(6-9)8-12-7-10(15(16)17)3-5-14(12)19(13)18/h2-7H,8H2,1H3,(H,16,17). The first-order valence-corrected chi connectivity index (χ1v) is 7.09. The summed E-state index contributed by atoms with van der Waals surface area (Å²) in [5, 5.41) is 9.02. The highest BCUT2D eigenvalue weighted by Gasteiger charge is 2.28. The molecular weight excluding hydrogens is 260 g/mol. The van der Waals surface area contributed by atoms with E-state index in [1.807, 2.05) is 25.1 Å². The molecule has 96 valence electrons. The first-order chi connectivity index (χ1) is 9.06. The van der Waals surface area contributed by atoms with Crippen molar-refractivity contribution in [2.45, 2.75) is 23.1 Å². The van der Waals surface area contributed by atoms with Crippen LogP contribution in [0.3, 0.4) is 0 Å². The van der Waals surface area contributed by atoms with Gasteiger partial charge in [-0.15, -0.1) is 0 Å². The van der Waals surface area contributed by atoms with Crippen LogP contribution in [0.1, 0.15) is 27.0 Å². The predicted octanol–water partition coefficient (Wildman–Crippen LogP) is 2.76. The van der Waals surface area contributed by atoms with Crippen molar-refractivity contribution < 1.29 is 14.5 Å². The Labute approximate surface area is 114 Å². The highest BCUT2D eigenvalue weighted by atomic mass is 32.2. The molecular formula is C15H12O3S. The number of hydrogen-bond acceptors (Lipinski definition) is 2. The van der Waals surface area contributed by atoms with E-state index in [-0.39, 0.29) is 5.56 Å². The van der Waals surface area contributed by atoms with Gasteiger partial charge in [-0.05, 0) is 31.2 Å². The third-order valence-corrected chi connectivity index (χ3v) is 4.90. The molecule has 0 fully saturated rings. The van der Waals surface area contributed by atoms with Crippen LogP contribution in [0, 0.1) is 6.92 Å². The fourth-order valence-electron chi connectivity index (χ4n) is 2.38. The summed E-state index contributed by atoms with van der Waals surface area (Å²) in [4.78, 5) is 12.5. The molecule has 19 heavy (non-hydrogen) atoms. The molecule has 0 saturated heterocycles. The molecule has 0 amide bonds. The number of carboxylic acids is 1. The van der Waals surface area contributed by atoms with Gasteiger partial charge in [0.15, 0.2) is 9.79 Å². The van der Waals surface area contributed by atoms with Crippen molar-refractivity contribution in [1.29, 1.82) is 0 Å². The van der Waals surface area contributed by atoms with Gasteiger partial charge in [0.1, 0.15) is 0 Å². The van der Waals surface area contributed by atoms with Gasteiger partial charge in [-0.2, -0.15) is 0 Å². The van der Waals surface area contributed by atoms with E-state index in [2.05, 4.69) is 0 Å². The molecule has 1 unspecified atom stereocenters. The van der Waals surface area contributed by atoms with E-state index in [1.165, 1.54) is 6.07 Å². The van der Waals surface area contributed by atoms with E-state index < -0.39 is 17.1 Å². The molecule has 0 aromatic heterocycles. The average molecular weight is 272 g/mol. The number of aryl methyl sites for hydroxylation is 1. The fraction of sp³-hybridized carbons (Fsp3) is 0.133. The summed E-state index contributed by atoms with van der Waals surface area (Å²) in [5.41, 5.74) is 3.23. The monoisotopic (exact) mass is 272 g/mol. The third-order valence-electron chi connectivity index (χ3n) is 3.30. The number of carbonyl (C=O) groups is 1. The SMILES string of the molecule is Cc1ccc2c(c1)Cc1cc(C(=O)O)ccc1[S+]2[O-]. The van der Waals surface area contributed by atoms with Crippen molar-refractivity contribution in [3.63, 3.8) is 0 Å². The molecule has 0 saturated carbocycles. The zero-order valence-corrected chi connectivity index (χ0v) is 11.2. The summed E-state index contributed by atoms with van der Waals surface area (Å²) in [6, 6.07) is 10.7. The Kier molecular flexibility index (Phi) is 2.84. The smallest absolute Gasteiger partial charge is 0.335 e. The number of fused-ring (bicyclic) bond motifs is 2. The molecule has 0 bridgehead atoms. The van der Waals surface area contributed by atoms with E-state index in [1.54, 1.807) is 12.1 Å². The minimum absolute atomic E-state index is 0.242. The molecule has 1 heterocycles. The second kappa shape index (κ2) is 4.40. The van der Waals surface area contributed by atoms with Crippen LogP contribution in [0.25, 0.3) is 0 Å². The molecule has 1 atom stereocenters. The van der Waals surface area contributed by atoms with Crippen molar-refractivity contribution in [2.24, 2.45) is 0 Å². The highest BCUT2D eigenvalue weighted by molar-refractivity contribution is 7.91. The lowest BCUT2D eigenvalue weighted by Crippen LogP contribution is -2.15. The molecule has 0 radical (unpaired) electrons. The van der Waals surface area contributed by atoms with Gasteiger partial charge in [-0.3, -0.25) is 0 Å². The lowest BCUT2D eigenvalue weighted by Gasteiger charge is -2.22. The molecule has 2 aromatic rings. The quantitative estimate of drug-likeness (QED) is 0.812. The molecule has 1 N–H and O–H groups in total. The van der Waals surface area contributed by atoms with Crippen molar-refractivity contribution >= 4 is 17.1 Å². The largest absolute Gasteiger partial charge is 0.606 e. The van der Waals surface area contributed by atoms with Crippen LogP contribution >= 0.6 is 0 Å². The summed E-state index contributed by atoms with van der Waals surface area (Å²) in [6.45, 7) is 1.99. The summed E-state index contributed by atoms with van der Waals surface area (Å²) >= 11 is -1.21. The summed E-state index contributed by atoms with van der Waals surface area (Å²) in [6.07, 6.45) is 0.638. The van der Waals surface area contributed by atoms with Gasteiger partial charge in [-0.25, -0.2) is 4.79 Å². The van der Waals surface area contributed by atoms with Crippen LogP contribution in [0.5, 0.6) is 0 Å². The van der Waals surface area contributed by atoms with E-state index in [0.29, 0.717) is 6.42 Å². The summed E-state index contributed by atoms with van der Waals surface area (Å²) in [7, 11) is 0. The van der Waals surface area contributed by atoms with Crippen LogP contribution in [0.2, 0.25) is 0 Å². The molecule has 0 aliphatic carbocycles. The van der Waals surface area contributed by atoms with Gasteiger partial charge < -0.3 is 9.66 Å². The minimum Gasteiger partial charge on any atom is -0.606 e. The molecule has 1 aliphatic rings. The Balaban J connectivity index is 2.13. The maximum atomic E-state index is 12.5. The van der Waals surface area contributed by atoms with E-state index >= 15 is 0 Å². The number of hydrogen-bond donors (Lipinski definition) is 1. The third kappa shape index (κ3) is 2.03. The van der Waals surface area contributed by atoms with Gasteiger partial charge in [0, 0.05) is 28.7 Å². The fourth-order valence-corrected chi connectivity index (χ4v) is 3.74. The summed E-state index contributed by atoms with van der Waals surface area (Å²) < 4.78 is 12.5. The maximum absolute atomic E-state index is 12.5. The molecule has 0 spiro atoms. The number of aromatic carboxylic acids is 1. The Hall–Kier alpha value is -1.78. The number of rotatable bonds is 1. The zero-order chi connectivity index (χ0) is 13.6. The average Bonchev–Trinajstić information content (AvgIpc) is 2.37. The first-order valence-electron chi connectivity index (χ1n) is 5.94. The van der Waals surface area contributed by atoms with Crippen molar-refractivity contribution in [2.75, 3.05) is 0 Å².